The summed E-state index contributed by atoms with van der Waals surface area (Å²) in [5, 5.41) is 7.12. The number of nitrogens with one attached hydrogen (secondary N) is 1. The molecule has 0 spiro atoms. The molecule has 2 aliphatic carbocycles. The zero-order chi connectivity index (χ0) is 16.1. The molecule has 3 aliphatic rings. The highest BCUT2D eigenvalue weighted by Crippen LogP contribution is 2.48. The molecule has 1 aliphatic heterocycles. The molecule has 1 N–H and O–H groups in total. The Labute approximate surface area is 141 Å². The lowest BCUT2D eigenvalue weighted by atomic mass is 9.94. The molecule has 2 saturated carbocycles. The summed E-state index contributed by atoms with van der Waals surface area (Å²) in [5.41, 5.74) is 1.98. The average molecular weight is 325 g/mol. The first-order valence-electron chi connectivity index (χ1n) is 9.22. The summed E-state index contributed by atoms with van der Waals surface area (Å²) < 4.78 is 6.11. The predicted molar refractivity (Wildman–Crippen MR) is 89.1 cm³/mol. The van der Waals surface area contributed by atoms with Crippen LogP contribution >= 0.6 is 0 Å². The van der Waals surface area contributed by atoms with Crippen LogP contribution in [0, 0.1) is 0 Å². The molecule has 1 amide bonds. The van der Waals surface area contributed by atoms with Gasteiger partial charge in [-0.05, 0) is 50.7 Å². The fraction of sp³-hybridized carbons (Fsp3) is 0.579. The molecular weight excluding hydrogens is 302 g/mol. The van der Waals surface area contributed by atoms with Gasteiger partial charge >= 0.3 is 0 Å². The molecule has 24 heavy (non-hydrogen) atoms. The number of hydrogen-bond acceptors (Lipinski definition) is 3. The molecule has 0 aromatic carbocycles. The van der Waals surface area contributed by atoms with Crippen LogP contribution in [-0.2, 0) is 0 Å². The Hall–Kier alpha value is -2.04. The number of carbonyl (C=O) groups is 1. The van der Waals surface area contributed by atoms with E-state index >= 15 is 0 Å². The van der Waals surface area contributed by atoms with Crippen molar-refractivity contribution in [2.24, 2.45) is 0 Å². The smallest absolute Gasteiger partial charge is 0.257 e. The molecule has 3 heterocycles. The van der Waals surface area contributed by atoms with Crippen molar-refractivity contribution in [2.45, 2.75) is 56.3 Å². The first-order valence-corrected chi connectivity index (χ1v) is 9.22. The third-order valence-corrected chi connectivity index (χ3v) is 5.61. The van der Waals surface area contributed by atoms with E-state index in [0.717, 1.165) is 61.6 Å². The largest absolute Gasteiger partial charge is 0.465 e. The minimum atomic E-state index is 0.164. The second-order valence-corrected chi connectivity index (χ2v) is 7.58. The number of H-pyrrole nitrogens is 1. The van der Waals surface area contributed by atoms with Gasteiger partial charge in [0.05, 0.1) is 5.56 Å². The summed E-state index contributed by atoms with van der Waals surface area (Å²) in [6, 6.07) is 4.07. The van der Waals surface area contributed by atoms with Gasteiger partial charge in [-0.1, -0.05) is 0 Å². The number of piperidine rings is 1. The molecule has 3 fully saturated rings. The summed E-state index contributed by atoms with van der Waals surface area (Å²) >= 11 is 0. The first kappa shape index (κ1) is 14.3. The molecule has 126 valence electrons. The van der Waals surface area contributed by atoms with E-state index in [1.54, 1.807) is 6.20 Å². The van der Waals surface area contributed by atoms with Gasteiger partial charge in [-0.15, -0.1) is 0 Å². The molecule has 5 nitrogen and oxygen atoms in total. The highest BCUT2D eigenvalue weighted by molar-refractivity contribution is 5.95. The standard InChI is InChI=1S/C19H23N3O2/c23-19(22-9-1-2-14(11-22)16-7-8-20-21-16)15-10-17(12-3-4-12)24-18(15)13-5-6-13/h7-8,10,12-14H,1-6,9,11H2,(H,20,21). The number of hydrogen-bond donors (Lipinski definition) is 1. The number of aromatic nitrogens is 2. The lowest BCUT2D eigenvalue weighted by molar-refractivity contribution is 0.0703. The van der Waals surface area contributed by atoms with Crippen LogP contribution in [0.5, 0.6) is 0 Å². The average Bonchev–Trinajstić information content (AvgIpc) is 3.55. The summed E-state index contributed by atoms with van der Waals surface area (Å²) in [6.07, 6.45) is 8.68. The van der Waals surface area contributed by atoms with E-state index in [-0.39, 0.29) is 5.91 Å². The van der Waals surface area contributed by atoms with Gasteiger partial charge in [-0.2, -0.15) is 5.10 Å². The molecule has 0 radical (unpaired) electrons. The van der Waals surface area contributed by atoms with E-state index in [1.807, 2.05) is 17.0 Å². The Bertz CT molecular complexity index is 741. The fourth-order valence-electron chi connectivity index (χ4n) is 3.89. The van der Waals surface area contributed by atoms with Crippen molar-refractivity contribution < 1.29 is 9.21 Å². The summed E-state index contributed by atoms with van der Waals surface area (Å²) in [4.78, 5) is 15.2. The lowest BCUT2D eigenvalue weighted by Crippen LogP contribution is -2.39. The van der Waals surface area contributed by atoms with E-state index < -0.39 is 0 Å². The molecule has 1 unspecified atom stereocenters. The van der Waals surface area contributed by atoms with Gasteiger partial charge in [-0.25, -0.2) is 0 Å². The molecule has 1 atom stereocenters. The van der Waals surface area contributed by atoms with Crippen molar-refractivity contribution in [1.29, 1.82) is 0 Å². The Balaban J connectivity index is 1.39. The van der Waals surface area contributed by atoms with E-state index in [1.165, 1.54) is 12.8 Å². The first-order chi connectivity index (χ1) is 11.8. The SMILES string of the molecule is O=C(c1cc(C2CC2)oc1C1CC1)N1CCCC(c2ccn[nH]2)C1. The van der Waals surface area contributed by atoms with E-state index in [2.05, 4.69) is 10.2 Å². The van der Waals surface area contributed by atoms with E-state index in [9.17, 15) is 4.79 Å². The summed E-state index contributed by atoms with van der Waals surface area (Å²) in [6.45, 7) is 1.62. The topological polar surface area (TPSA) is 62.1 Å². The minimum absolute atomic E-state index is 0.164. The monoisotopic (exact) mass is 325 g/mol. The minimum Gasteiger partial charge on any atom is -0.465 e. The van der Waals surface area contributed by atoms with Crippen LogP contribution in [0.15, 0.2) is 22.7 Å². The van der Waals surface area contributed by atoms with Gasteiger partial charge in [-0.3, -0.25) is 9.89 Å². The Kier molecular flexibility index (Phi) is 3.28. The number of nitrogens with zero attached hydrogens (tertiary/aromatic N) is 2. The summed E-state index contributed by atoms with van der Waals surface area (Å²) in [7, 11) is 0. The third-order valence-electron chi connectivity index (χ3n) is 5.61. The Morgan fingerprint density at radius 1 is 1.17 bits per heavy atom. The quantitative estimate of drug-likeness (QED) is 0.930. The number of likely N-dealkylation sites (tertiary alicyclic amines) is 1. The van der Waals surface area contributed by atoms with Crippen LogP contribution in [0.1, 0.15) is 83.9 Å². The van der Waals surface area contributed by atoms with Gasteiger partial charge in [0.2, 0.25) is 0 Å². The van der Waals surface area contributed by atoms with E-state index in [0.29, 0.717) is 17.8 Å². The molecule has 2 aromatic heterocycles. The van der Waals surface area contributed by atoms with Gasteiger partial charge in [0.1, 0.15) is 11.5 Å². The number of amides is 1. The highest BCUT2D eigenvalue weighted by Gasteiger charge is 2.37. The number of furan rings is 1. The molecule has 5 heteroatoms. The normalized spacial score (nSPS) is 24.3. The molecule has 1 saturated heterocycles. The maximum atomic E-state index is 13.2. The van der Waals surface area contributed by atoms with Crippen molar-refractivity contribution >= 4 is 5.91 Å². The highest BCUT2D eigenvalue weighted by atomic mass is 16.3. The molecule has 2 aromatic rings. The van der Waals surface area contributed by atoms with Gasteiger partial charge in [0.15, 0.2) is 0 Å². The van der Waals surface area contributed by atoms with Gasteiger partial charge in [0.25, 0.3) is 5.91 Å². The maximum Gasteiger partial charge on any atom is 0.257 e. The van der Waals surface area contributed by atoms with Crippen LogP contribution in [0.25, 0.3) is 0 Å². The second-order valence-electron chi connectivity index (χ2n) is 7.58. The van der Waals surface area contributed by atoms with Crippen LogP contribution in [0.3, 0.4) is 0 Å². The number of rotatable bonds is 4. The lowest BCUT2D eigenvalue weighted by Gasteiger charge is -2.32. The van der Waals surface area contributed by atoms with Crippen molar-refractivity contribution in [1.82, 2.24) is 15.1 Å². The van der Waals surface area contributed by atoms with Crippen LogP contribution in [-0.4, -0.2) is 34.1 Å². The molecule has 0 bridgehead atoms. The molecular formula is C19H23N3O2. The Morgan fingerprint density at radius 3 is 2.71 bits per heavy atom. The van der Waals surface area contributed by atoms with Crippen LogP contribution in [0.2, 0.25) is 0 Å². The van der Waals surface area contributed by atoms with Crippen molar-refractivity contribution in [2.75, 3.05) is 13.1 Å². The second kappa shape index (κ2) is 5.50. The van der Waals surface area contributed by atoms with Crippen molar-refractivity contribution in [3.05, 3.63) is 41.1 Å². The van der Waals surface area contributed by atoms with Crippen LogP contribution in [0.4, 0.5) is 0 Å². The zero-order valence-corrected chi connectivity index (χ0v) is 13.8. The maximum absolute atomic E-state index is 13.2. The fourth-order valence-corrected chi connectivity index (χ4v) is 3.89. The number of aromatic amines is 1. The van der Waals surface area contributed by atoms with Gasteiger partial charge < -0.3 is 9.32 Å². The predicted octanol–water partition coefficient (Wildman–Crippen LogP) is 3.78. The van der Waals surface area contributed by atoms with Crippen molar-refractivity contribution in [3.63, 3.8) is 0 Å². The Morgan fingerprint density at radius 2 is 2.00 bits per heavy atom. The van der Waals surface area contributed by atoms with Crippen molar-refractivity contribution in [3.8, 4) is 0 Å². The van der Waals surface area contributed by atoms with E-state index in [4.69, 9.17) is 4.42 Å². The van der Waals surface area contributed by atoms with Gasteiger partial charge in [0, 0.05) is 42.7 Å². The van der Waals surface area contributed by atoms with Crippen LogP contribution < -0.4 is 0 Å². The number of carbonyl (C=O) groups excluding carboxylic acids is 1. The molecule has 5 rings (SSSR count). The summed E-state index contributed by atoms with van der Waals surface area (Å²) in [5.74, 6) is 3.57. The zero-order valence-electron chi connectivity index (χ0n) is 13.8. The third kappa shape index (κ3) is 2.56.